The van der Waals surface area contributed by atoms with Crippen LogP contribution in [0.1, 0.15) is 65.2 Å². The maximum absolute atomic E-state index is 3.87. The Morgan fingerprint density at radius 1 is 1.00 bits per heavy atom. The van der Waals surface area contributed by atoms with Crippen molar-refractivity contribution in [3.8, 4) is 0 Å². The van der Waals surface area contributed by atoms with Gasteiger partial charge in [0.05, 0.1) is 6.17 Å². The van der Waals surface area contributed by atoms with Crippen molar-refractivity contribution in [2.75, 3.05) is 32.7 Å². The van der Waals surface area contributed by atoms with Crippen molar-refractivity contribution >= 4 is 0 Å². The van der Waals surface area contributed by atoms with Crippen molar-refractivity contribution in [2.45, 2.75) is 77.4 Å². The first kappa shape index (κ1) is 16.7. The predicted octanol–water partition coefficient (Wildman–Crippen LogP) is 3.31. The largest absolute Gasteiger partial charge is 0.302 e. The summed E-state index contributed by atoms with van der Waals surface area (Å²) in [6.07, 6.45) is 12.3. The Bertz CT molecular complexity index is 323. The van der Waals surface area contributed by atoms with Gasteiger partial charge in [-0.05, 0) is 63.6 Å². The first-order valence-corrected chi connectivity index (χ1v) is 10.0. The van der Waals surface area contributed by atoms with Crippen LogP contribution in [-0.4, -0.2) is 54.7 Å². The van der Waals surface area contributed by atoms with E-state index in [9.17, 15) is 0 Å². The van der Waals surface area contributed by atoms with Crippen molar-refractivity contribution in [3.63, 3.8) is 0 Å². The zero-order valence-electron chi connectivity index (χ0n) is 14.9. The van der Waals surface area contributed by atoms with Gasteiger partial charge in [0.1, 0.15) is 0 Å². The van der Waals surface area contributed by atoms with E-state index in [1.165, 1.54) is 84.1 Å². The van der Waals surface area contributed by atoms with Crippen LogP contribution in [0.3, 0.4) is 0 Å². The molecular weight excluding hydrogens is 270 g/mol. The fourth-order valence-electron chi connectivity index (χ4n) is 5.18. The summed E-state index contributed by atoms with van der Waals surface area (Å²) in [5.41, 5.74) is 0. The summed E-state index contributed by atoms with van der Waals surface area (Å²) < 4.78 is 0. The van der Waals surface area contributed by atoms with E-state index in [1.54, 1.807) is 0 Å². The fourth-order valence-corrected chi connectivity index (χ4v) is 5.18. The number of likely N-dealkylation sites (N-methyl/N-ethyl adjacent to an activating group) is 1. The van der Waals surface area contributed by atoms with Gasteiger partial charge in [0, 0.05) is 19.1 Å². The van der Waals surface area contributed by atoms with Gasteiger partial charge in [-0.3, -0.25) is 4.90 Å². The van der Waals surface area contributed by atoms with E-state index in [2.05, 4.69) is 29.0 Å². The SMILES string of the molecule is CCN(CC)CC1CC2CCCNC2N1CC1CCCCC1. The highest BCUT2D eigenvalue weighted by molar-refractivity contribution is 4.96. The lowest BCUT2D eigenvalue weighted by atomic mass is 9.88. The third-order valence-corrected chi connectivity index (χ3v) is 6.51. The molecule has 2 heterocycles. The second-order valence-electron chi connectivity index (χ2n) is 7.88. The molecule has 22 heavy (non-hydrogen) atoms. The second kappa shape index (κ2) is 8.12. The molecule has 0 aromatic heterocycles. The van der Waals surface area contributed by atoms with Gasteiger partial charge in [-0.15, -0.1) is 0 Å². The smallest absolute Gasteiger partial charge is 0.0629 e. The standard InChI is InChI=1S/C19H37N3/c1-3-21(4-2)15-18-13-17-11-8-12-20-19(17)22(18)14-16-9-6-5-7-10-16/h16-20H,3-15H2,1-2H3. The van der Waals surface area contributed by atoms with Crippen molar-refractivity contribution in [1.29, 1.82) is 0 Å². The predicted molar refractivity (Wildman–Crippen MR) is 94.0 cm³/mol. The van der Waals surface area contributed by atoms with Crippen LogP contribution in [0.25, 0.3) is 0 Å². The molecule has 0 aromatic carbocycles. The molecule has 0 aromatic rings. The fraction of sp³-hybridized carbons (Fsp3) is 1.00. The van der Waals surface area contributed by atoms with Gasteiger partial charge < -0.3 is 10.2 Å². The summed E-state index contributed by atoms with van der Waals surface area (Å²) in [5.74, 6) is 1.88. The molecule has 2 aliphatic heterocycles. The van der Waals surface area contributed by atoms with Crippen LogP contribution in [-0.2, 0) is 0 Å². The number of hydrogen-bond donors (Lipinski definition) is 1. The Labute approximate surface area is 137 Å². The number of fused-ring (bicyclic) bond motifs is 1. The normalized spacial score (nSPS) is 34.2. The van der Waals surface area contributed by atoms with Crippen LogP contribution in [0, 0.1) is 11.8 Å². The minimum absolute atomic E-state index is 0.691. The highest BCUT2D eigenvalue weighted by atomic mass is 15.3. The third-order valence-electron chi connectivity index (χ3n) is 6.51. The quantitative estimate of drug-likeness (QED) is 0.812. The van der Waals surface area contributed by atoms with Gasteiger partial charge in [0.25, 0.3) is 0 Å². The summed E-state index contributed by atoms with van der Waals surface area (Å²) in [6, 6.07) is 0.794. The molecule has 1 saturated carbocycles. The lowest BCUT2D eigenvalue weighted by molar-refractivity contribution is 0.0856. The molecule has 3 rings (SSSR count). The Balaban J connectivity index is 1.65. The van der Waals surface area contributed by atoms with Gasteiger partial charge in [-0.1, -0.05) is 33.1 Å². The summed E-state index contributed by atoms with van der Waals surface area (Å²) in [6.45, 7) is 10.9. The number of nitrogens with one attached hydrogen (secondary N) is 1. The van der Waals surface area contributed by atoms with Crippen LogP contribution >= 0.6 is 0 Å². The second-order valence-corrected chi connectivity index (χ2v) is 7.88. The molecule has 0 bridgehead atoms. The van der Waals surface area contributed by atoms with Gasteiger partial charge >= 0.3 is 0 Å². The van der Waals surface area contributed by atoms with E-state index in [0.29, 0.717) is 6.17 Å². The average Bonchev–Trinajstić information content (AvgIpc) is 2.91. The van der Waals surface area contributed by atoms with Crippen molar-refractivity contribution < 1.29 is 0 Å². The molecule has 128 valence electrons. The molecule has 0 spiro atoms. The molecule has 1 N–H and O–H groups in total. The van der Waals surface area contributed by atoms with Crippen molar-refractivity contribution in [1.82, 2.24) is 15.1 Å². The first-order chi connectivity index (χ1) is 10.8. The minimum atomic E-state index is 0.691. The highest BCUT2D eigenvalue weighted by Crippen LogP contribution is 2.36. The molecule has 3 heteroatoms. The minimum Gasteiger partial charge on any atom is -0.302 e. The Morgan fingerprint density at radius 2 is 1.77 bits per heavy atom. The zero-order valence-corrected chi connectivity index (χ0v) is 14.9. The monoisotopic (exact) mass is 307 g/mol. The molecule has 1 aliphatic carbocycles. The van der Waals surface area contributed by atoms with Crippen LogP contribution in [0.5, 0.6) is 0 Å². The van der Waals surface area contributed by atoms with Crippen LogP contribution in [0.2, 0.25) is 0 Å². The number of rotatable bonds is 6. The Kier molecular flexibility index (Phi) is 6.17. The molecule has 3 aliphatic rings. The van der Waals surface area contributed by atoms with Gasteiger partial charge in [0.2, 0.25) is 0 Å². The zero-order chi connectivity index (χ0) is 15.4. The van der Waals surface area contributed by atoms with E-state index in [1.807, 2.05) is 0 Å². The number of likely N-dealkylation sites (tertiary alicyclic amines) is 1. The van der Waals surface area contributed by atoms with Crippen LogP contribution in [0.15, 0.2) is 0 Å². The summed E-state index contributed by atoms with van der Waals surface area (Å²) in [4.78, 5) is 5.54. The summed E-state index contributed by atoms with van der Waals surface area (Å²) >= 11 is 0. The number of nitrogens with zero attached hydrogens (tertiary/aromatic N) is 2. The maximum Gasteiger partial charge on any atom is 0.0629 e. The van der Waals surface area contributed by atoms with E-state index in [0.717, 1.165) is 17.9 Å². The molecule has 3 unspecified atom stereocenters. The number of piperidine rings is 1. The van der Waals surface area contributed by atoms with Crippen LogP contribution < -0.4 is 5.32 Å². The number of hydrogen-bond acceptors (Lipinski definition) is 3. The molecule has 3 atom stereocenters. The van der Waals surface area contributed by atoms with E-state index < -0.39 is 0 Å². The Hall–Kier alpha value is -0.120. The molecule has 2 saturated heterocycles. The lowest BCUT2D eigenvalue weighted by Crippen LogP contribution is -2.53. The maximum atomic E-state index is 3.87. The topological polar surface area (TPSA) is 18.5 Å². The Morgan fingerprint density at radius 3 is 2.50 bits per heavy atom. The van der Waals surface area contributed by atoms with Gasteiger partial charge in [-0.2, -0.15) is 0 Å². The van der Waals surface area contributed by atoms with Gasteiger partial charge in [0.15, 0.2) is 0 Å². The summed E-state index contributed by atoms with van der Waals surface area (Å²) in [7, 11) is 0. The summed E-state index contributed by atoms with van der Waals surface area (Å²) in [5, 5.41) is 3.87. The van der Waals surface area contributed by atoms with Gasteiger partial charge in [-0.25, -0.2) is 0 Å². The van der Waals surface area contributed by atoms with E-state index in [-0.39, 0.29) is 0 Å². The third kappa shape index (κ3) is 3.85. The molecule has 3 fully saturated rings. The highest BCUT2D eigenvalue weighted by Gasteiger charge is 2.42. The van der Waals surface area contributed by atoms with E-state index >= 15 is 0 Å². The van der Waals surface area contributed by atoms with Crippen LogP contribution in [0.4, 0.5) is 0 Å². The molecule has 0 amide bonds. The van der Waals surface area contributed by atoms with Crippen molar-refractivity contribution in [3.05, 3.63) is 0 Å². The average molecular weight is 308 g/mol. The molecule has 0 radical (unpaired) electrons. The molecular formula is C19H37N3. The molecule has 3 nitrogen and oxygen atoms in total. The van der Waals surface area contributed by atoms with E-state index in [4.69, 9.17) is 0 Å². The van der Waals surface area contributed by atoms with Crippen molar-refractivity contribution in [2.24, 2.45) is 11.8 Å². The first-order valence-electron chi connectivity index (χ1n) is 10.0. The lowest BCUT2D eigenvalue weighted by Gasteiger charge is -2.38.